The maximum atomic E-state index is 12.3. The monoisotopic (exact) mass is 432 g/mol. The average Bonchev–Trinajstić information content (AvgIpc) is 2.99. The standard InChI is InChI=1S/C17H19F3N4O4S/c1-3-4-13(25)21-8-15(27)24(2)9-14(26)23-16-22-11-6-5-10(7-12(11)29-16)28-17(18,19)20/h5-7H,3-4,8-9H2,1-2H3,(H,21,25)(H,22,23,26). The second-order valence-corrected chi connectivity index (χ2v) is 7.05. The molecule has 158 valence electrons. The largest absolute Gasteiger partial charge is 0.573 e. The number of anilines is 1. The minimum Gasteiger partial charge on any atom is -0.406 e. The number of hydrogen-bond acceptors (Lipinski definition) is 6. The van der Waals surface area contributed by atoms with Gasteiger partial charge in [0.15, 0.2) is 5.13 Å². The van der Waals surface area contributed by atoms with Gasteiger partial charge in [0.25, 0.3) is 0 Å². The summed E-state index contributed by atoms with van der Waals surface area (Å²) in [6.45, 7) is 1.34. The number of amides is 3. The number of carbonyl (C=O) groups is 3. The van der Waals surface area contributed by atoms with E-state index >= 15 is 0 Å². The molecule has 0 radical (unpaired) electrons. The first-order chi connectivity index (χ1) is 13.6. The van der Waals surface area contributed by atoms with Crippen LogP contribution in [0, 0.1) is 0 Å². The van der Waals surface area contributed by atoms with E-state index in [4.69, 9.17) is 0 Å². The van der Waals surface area contributed by atoms with Crippen LogP contribution in [0.25, 0.3) is 10.2 Å². The quantitative estimate of drug-likeness (QED) is 0.668. The van der Waals surface area contributed by atoms with Crippen LogP contribution in [-0.2, 0) is 14.4 Å². The molecule has 2 rings (SSSR count). The zero-order chi connectivity index (χ0) is 21.6. The summed E-state index contributed by atoms with van der Waals surface area (Å²) >= 11 is 0.970. The number of alkyl halides is 3. The first-order valence-corrected chi connectivity index (χ1v) is 9.36. The summed E-state index contributed by atoms with van der Waals surface area (Å²) in [5, 5.41) is 5.13. The first kappa shape index (κ1) is 22.4. The van der Waals surface area contributed by atoms with E-state index in [1.807, 2.05) is 6.92 Å². The van der Waals surface area contributed by atoms with Crippen molar-refractivity contribution in [1.82, 2.24) is 15.2 Å². The van der Waals surface area contributed by atoms with Gasteiger partial charge >= 0.3 is 6.36 Å². The molecule has 0 aliphatic rings. The lowest BCUT2D eigenvalue weighted by molar-refractivity contribution is -0.274. The van der Waals surface area contributed by atoms with Crippen LogP contribution >= 0.6 is 11.3 Å². The number of rotatable bonds is 8. The molecule has 0 saturated carbocycles. The summed E-state index contributed by atoms with van der Waals surface area (Å²) in [6.07, 6.45) is -3.84. The molecule has 1 aromatic carbocycles. The number of benzene rings is 1. The molecule has 3 amide bonds. The van der Waals surface area contributed by atoms with Gasteiger partial charge in [0.1, 0.15) is 5.75 Å². The number of thiazole rings is 1. The summed E-state index contributed by atoms with van der Waals surface area (Å²) in [4.78, 5) is 40.7. The predicted octanol–water partition coefficient (Wildman–Crippen LogP) is 2.51. The Labute approximate surface area is 168 Å². The number of carbonyl (C=O) groups excluding carboxylic acids is 3. The molecule has 0 fully saturated rings. The van der Waals surface area contributed by atoms with Gasteiger partial charge in [-0.05, 0) is 18.6 Å². The van der Waals surface area contributed by atoms with Crippen LogP contribution in [0.4, 0.5) is 18.3 Å². The molecule has 0 spiro atoms. The van der Waals surface area contributed by atoms with Crippen LogP contribution in [-0.4, -0.2) is 54.1 Å². The molecule has 1 heterocycles. The highest BCUT2D eigenvalue weighted by atomic mass is 32.1. The average molecular weight is 432 g/mol. The number of nitrogens with zero attached hydrogens (tertiary/aromatic N) is 2. The van der Waals surface area contributed by atoms with E-state index in [-0.39, 0.29) is 29.9 Å². The van der Waals surface area contributed by atoms with E-state index in [1.54, 1.807) is 0 Å². The molecule has 29 heavy (non-hydrogen) atoms. The third-order valence-electron chi connectivity index (χ3n) is 3.56. The van der Waals surface area contributed by atoms with Gasteiger partial charge in [-0.3, -0.25) is 14.4 Å². The number of likely N-dealkylation sites (N-methyl/N-ethyl adjacent to an activating group) is 1. The van der Waals surface area contributed by atoms with E-state index in [0.29, 0.717) is 23.1 Å². The molecule has 0 unspecified atom stereocenters. The zero-order valence-corrected chi connectivity index (χ0v) is 16.4. The fraction of sp³-hybridized carbons (Fsp3) is 0.412. The van der Waals surface area contributed by atoms with Crippen molar-refractivity contribution in [2.45, 2.75) is 26.1 Å². The highest BCUT2D eigenvalue weighted by Crippen LogP contribution is 2.31. The SMILES string of the molecule is CCCC(=O)NCC(=O)N(C)CC(=O)Nc1nc2ccc(OC(F)(F)F)cc2s1. The number of halogens is 3. The van der Waals surface area contributed by atoms with E-state index in [9.17, 15) is 27.6 Å². The van der Waals surface area contributed by atoms with Crippen molar-refractivity contribution in [3.8, 4) is 5.75 Å². The van der Waals surface area contributed by atoms with Gasteiger partial charge in [-0.15, -0.1) is 13.2 Å². The maximum Gasteiger partial charge on any atom is 0.573 e. The minimum absolute atomic E-state index is 0.172. The molecule has 12 heteroatoms. The molecule has 0 saturated heterocycles. The Hall–Kier alpha value is -2.89. The third-order valence-corrected chi connectivity index (χ3v) is 4.49. The van der Waals surface area contributed by atoms with Gasteiger partial charge in [0.05, 0.1) is 23.3 Å². The number of fused-ring (bicyclic) bond motifs is 1. The van der Waals surface area contributed by atoms with Crippen molar-refractivity contribution in [2.24, 2.45) is 0 Å². The normalized spacial score (nSPS) is 11.2. The van der Waals surface area contributed by atoms with Crippen molar-refractivity contribution >= 4 is 44.4 Å². The Morgan fingerprint density at radius 1 is 1.24 bits per heavy atom. The molecule has 1 aromatic heterocycles. The summed E-state index contributed by atoms with van der Waals surface area (Å²) < 4.78 is 41.1. The molecule has 0 atom stereocenters. The van der Waals surface area contributed by atoms with E-state index in [2.05, 4.69) is 20.4 Å². The van der Waals surface area contributed by atoms with Gasteiger partial charge in [0, 0.05) is 19.5 Å². The molecule has 8 nitrogen and oxygen atoms in total. The lowest BCUT2D eigenvalue weighted by atomic mass is 10.3. The summed E-state index contributed by atoms with van der Waals surface area (Å²) in [5.74, 6) is -1.61. The lowest BCUT2D eigenvalue weighted by Crippen LogP contribution is -2.41. The second-order valence-electron chi connectivity index (χ2n) is 6.02. The van der Waals surface area contributed by atoms with Gasteiger partial charge in [0.2, 0.25) is 17.7 Å². The van der Waals surface area contributed by atoms with Crippen LogP contribution in [0.15, 0.2) is 18.2 Å². The lowest BCUT2D eigenvalue weighted by Gasteiger charge is -2.16. The molecule has 0 aliphatic carbocycles. The summed E-state index contributed by atoms with van der Waals surface area (Å²) in [6, 6.07) is 3.64. The number of aromatic nitrogens is 1. The highest BCUT2D eigenvalue weighted by Gasteiger charge is 2.31. The number of nitrogens with one attached hydrogen (secondary N) is 2. The molecular weight excluding hydrogens is 413 g/mol. The van der Waals surface area contributed by atoms with Crippen LogP contribution in [0.1, 0.15) is 19.8 Å². The Bertz CT molecular complexity index is 900. The van der Waals surface area contributed by atoms with E-state index < -0.39 is 18.2 Å². The van der Waals surface area contributed by atoms with Crippen LogP contribution in [0.5, 0.6) is 5.75 Å². The fourth-order valence-corrected chi connectivity index (χ4v) is 3.15. The van der Waals surface area contributed by atoms with Crippen LogP contribution in [0.2, 0.25) is 0 Å². The van der Waals surface area contributed by atoms with E-state index in [0.717, 1.165) is 22.3 Å². The summed E-state index contributed by atoms with van der Waals surface area (Å²) in [7, 11) is 1.41. The van der Waals surface area contributed by atoms with E-state index in [1.165, 1.54) is 19.2 Å². The zero-order valence-electron chi connectivity index (χ0n) is 15.6. The van der Waals surface area contributed by atoms with Gasteiger partial charge in [-0.25, -0.2) is 4.98 Å². The fourth-order valence-electron chi connectivity index (χ4n) is 2.24. The van der Waals surface area contributed by atoms with Gasteiger partial charge in [-0.2, -0.15) is 0 Å². The van der Waals surface area contributed by atoms with Crippen molar-refractivity contribution in [3.05, 3.63) is 18.2 Å². The molecule has 0 bridgehead atoms. The van der Waals surface area contributed by atoms with Crippen molar-refractivity contribution in [2.75, 3.05) is 25.5 Å². The molecule has 2 N–H and O–H groups in total. The van der Waals surface area contributed by atoms with Crippen molar-refractivity contribution < 1.29 is 32.3 Å². The summed E-state index contributed by atoms with van der Waals surface area (Å²) in [5.41, 5.74) is 0.392. The van der Waals surface area contributed by atoms with Crippen molar-refractivity contribution in [1.29, 1.82) is 0 Å². The Morgan fingerprint density at radius 3 is 2.62 bits per heavy atom. The predicted molar refractivity (Wildman–Crippen MR) is 100 cm³/mol. The third kappa shape index (κ3) is 7.22. The van der Waals surface area contributed by atoms with Crippen LogP contribution in [0.3, 0.4) is 0 Å². The highest BCUT2D eigenvalue weighted by molar-refractivity contribution is 7.22. The first-order valence-electron chi connectivity index (χ1n) is 8.54. The Morgan fingerprint density at radius 2 is 1.97 bits per heavy atom. The van der Waals surface area contributed by atoms with Gasteiger partial charge < -0.3 is 20.3 Å². The topological polar surface area (TPSA) is 101 Å². The minimum atomic E-state index is -4.80. The molecule has 0 aliphatic heterocycles. The van der Waals surface area contributed by atoms with Gasteiger partial charge in [-0.1, -0.05) is 18.3 Å². The number of ether oxygens (including phenoxy) is 1. The smallest absolute Gasteiger partial charge is 0.406 e. The number of hydrogen-bond donors (Lipinski definition) is 2. The Balaban J connectivity index is 1.91. The molecule has 2 aromatic rings. The van der Waals surface area contributed by atoms with Crippen molar-refractivity contribution in [3.63, 3.8) is 0 Å². The maximum absolute atomic E-state index is 12.3. The van der Waals surface area contributed by atoms with Crippen LogP contribution < -0.4 is 15.4 Å². The molecular formula is C17H19F3N4O4S. The second kappa shape index (κ2) is 9.54. The Kier molecular flexibility index (Phi) is 7.37.